The van der Waals surface area contributed by atoms with Crippen LogP contribution in [0.2, 0.25) is 0 Å². The van der Waals surface area contributed by atoms with E-state index in [1.807, 2.05) is 13.8 Å². The van der Waals surface area contributed by atoms with Crippen LogP contribution in [0.25, 0.3) is 0 Å². The molecule has 0 spiro atoms. The lowest BCUT2D eigenvalue weighted by Gasteiger charge is -2.25. The molecule has 112 valence electrons. The number of carbonyl (C=O) groups excluding carboxylic acids is 2. The van der Waals surface area contributed by atoms with Crippen LogP contribution < -0.4 is 5.73 Å². The second kappa shape index (κ2) is 8.92. The normalized spacial score (nSPS) is 19.8. The lowest BCUT2D eigenvalue weighted by molar-refractivity contribution is -0.140. The van der Waals surface area contributed by atoms with Crippen molar-refractivity contribution in [3.05, 3.63) is 0 Å². The highest BCUT2D eigenvalue weighted by Gasteiger charge is 2.44. The summed E-state index contributed by atoms with van der Waals surface area (Å²) >= 11 is 1.41. The summed E-state index contributed by atoms with van der Waals surface area (Å²) in [7, 11) is 3.21. The Morgan fingerprint density at radius 1 is 1.37 bits per heavy atom. The van der Waals surface area contributed by atoms with E-state index in [1.165, 1.54) is 32.7 Å². The van der Waals surface area contributed by atoms with Gasteiger partial charge >= 0.3 is 5.97 Å². The first-order valence-corrected chi connectivity index (χ1v) is 6.68. The van der Waals surface area contributed by atoms with Crippen molar-refractivity contribution >= 4 is 29.4 Å². The van der Waals surface area contributed by atoms with Crippen molar-refractivity contribution in [1.29, 1.82) is 0 Å². The molecule has 6 nitrogen and oxygen atoms in total. The van der Waals surface area contributed by atoms with Gasteiger partial charge in [-0.15, -0.1) is 11.8 Å². The number of carboxylic acid groups (broad SMARTS) is 1. The SMILES string of the molecule is CC(C)=O.CN.CN1C(=O)C(CC(=O)O)SC1(C)C. The molecular weight excluding hydrogens is 268 g/mol. The zero-order valence-corrected chi connectivity index (χ0v) is 13.2. The van der Waals surface area contributed by atoms with Crippen molar-refractivity contribution in [2.24, 2.45) is 5.73 Å². The Morgan fingerprint density at radius 2 is 1.74 bits per heavy atom. The number of carboxylic acids is 1. The Morgan fingerprint density at radius 3 is 1.95 bits per heavy atom. The molecule has 0 saturated carbocycles. The third kappa shape index (κ3) is 7.84. The topological polar surface area (TPSA) is 101 Å². The van der Waals surface area contributed by atoms with E-state index in [9.17, 15) is 14.4 Å². The van der Waals surface area contributed by atoms with Gasteiger partial charge < -0.3 is 20.5 Å². The van der Waals surface area contributed by atoms with E-state index in [-0.39, 0.29) is 23.0 Å². The van der Waals surface area contributed by atoms with Crippen LogP contribution in [0.3, 0.4) is 0 Å². The molecule has 1 saturated heterocycles. The third-order valence-electron chi connectivity index (χ3n) is 2.20. The predicted molar refractivity (Wildman–Crippen MR) is 76.9 cm³/mol. The number of hydrogen-bond donors (Lipinski definition) is 2. The highest BCUT2D eigenvalue weighted by Crippen LogP contribution is 2.40. The first-order valence-electron chi connectivity index (χ1n) is 5.80. The van der Waals surface area contributed by atoms with Crippen LogP contribution in [-0.2, 0) is 14.4 Å². The maximum Gasteiger partial charge on any atom is 0.305 e. The van der Waals surface area contributed by atoms with Crippen molar-refractivity contribution in [1.82, 2.24) is 4.90 Å². The largest absolute Gasteiger partial charge is 0.481 e. The second-order valence-corrected chi connectivity index (χ2v) is 6.26. The molecular formula is C12H24N2O4S. The van der Waals surface area contributed by atoms with Gasteiger partial charge in [-0.3, -0.25) is 9.59 Å². The van der Waals surface area contributed by atoms with E-state index in [2.05, 4.69) is 5.73 Å². The minimum absolute atomic E-state index is 0.0857. The molecule has 0 radical (unpaired) electrons. The molecule has 1 atom stereocenters. The van der Waals surface area contributed by atoms with Gasteiger partial charge in [0.1, 0.15) is 5.78 Å². The van der Waals surface area contributed by atoms with Crippen molar-refractivity contribution in [3.63, 3.8) is 0 Å². The Labute approximate surface area is 118 Å². The summed E-state index contributed by atoms with van der Waals surface area (Å²) in [4.78, 5) is 32.7. The molecule has 1 heterocycles. The Bertz CT molecular complexity index is 328. The minimum atomic E-state index is -0.919. The Kier molecular flexibility index (Phi) is 9.51. The summed E-state index contributed by atoms with van der Waals surface area (Å²) in [6.45, 7) is 6.88. The molecule has 0 aliphatic carbocycles. The summed E-state index contributed by atoms with van der Waals surface area (Å²) in [5, 5.41) is 8.15. The second-order valence-electron chi connectivity index (χ2n) is 4.46. The van der Waals surface area contributed by atoms with E-state index < -0.39 is 11.2 Å². The number of rotatable bonds is 2. The number of thioether (sulfide) groups is 1. The van der Waals surface area contributed by atoms with Gasteiger partial charge in [-0.2, -0.15) is 0 Å². The first-order chi connectivity index (χ1) is 8.58. The zero-order valence-electron chi connectivity index (χ0n) is 12.4. The molecule has 1 fully saturated rings. The van der Waals surface area contributed by atoms with Gasteiger partial charge in [-0.1, -0.05) is 0 Å². The monoisotopic (exact) mass is 292 g/mol. The summed E-state index contributed by atoms with van der Waals surface area (Å²) < 4.78 is 0. The average Bonchev–Trinajstić information content (AvgIpc) is 2.44. The third-order valence-corrected chi connectivity index (χ3v) is 3.71. The Hall–Kier alpha value is -1.08. The summed E-state index contributed by atoms with van der Waals surface area (Å²) in [5.74, 6) is -0.839. The van der Waals surface area contributed by atoms with Gasteiger partial charge in [0, 0.05) is 7.05 Å². The number of aliphatic carboxylic acids is 1. The summed E-state index contributed by atoms with van der Waals surface area (Å²) in [6, 6.07) is 0. The fraction of sp³-hybridized carbons (Fsp3) is 0.750. The Balaban J connectivity index is 0. The number of nitrogens with two attached hydrogens (primary N) is 1. The number of ketones is 1. The average molecular weight is 292 g/mol. The molecule has 1 amide bonds. The fourth-order valence-corrected chi connectivity index (χ4v) is 2.68. The van der Waals surface area contributed by atoms with Crippen molar-refractivity contribution < 1.29 is 19.5 Å². The van der Waals surface area contributed by atoms with Gasteiger partial charge in [0.2, 0.25) is 5.91 Å². The molecule has 19 heavy (non-hydrogen) atoms. The van der Waals surface area contributed by atoms with Gasteiger partial charge in [0.25, 0.3) is 0 Å². The molecule has 1 aliphatic rings. The van der Waals surface area contributed by atoms with Crippen LogP contribution in [-0.4, -0.2) is 51.9 Å². The standard InChI is InChI=1S/C8H13NO3S.C3H6O.CH5N/c1-8(2)9(3)7(12)5(13-8)4-6(10)11;1-3(2)4;1-2/h5H,4H2,1-3H3,(H,10,11);1-2H3;2H2,1H3. The number of hydrogen-bond acceptors (Lipinski definition) is 5. The summed E-state index contributed by atoms with van der Waals surface area (Å²) in [6.07, 6.45) is -0.0860. The lowest BCUT2D eigenvalue weighted by atomic mass is 10.2. The molecule has 1 unspecified atom stereocenters. The van der Waals surface area contributed by atoms with E-state index in [0.29, 0.717) is 0 Å². The quantitative estimate of drug-likeness (QED) is 0.785. The highest BCUT2D eigenvalue weighted by atomic mass is 32.2. The fourth-order valence-electron chi connectivity index (χ4n) is 1.25. The van der Waals surface area contributed by atoms with E-state index in [4.69, 9.17) is 5.11 Å². The molecule has 1 rings (SSSR count). The molecule has 0 aromatic carbocycles. The van der Waals surface area contributed by atoms with E-state index >= 15 is 0 Å². The van der Waals surface area contributed by atoms with E-state index in [1.54, 1.807) is 11.9 Å². The van der Waals surface area contributed by atoms with Crippen LogP contribution >= 0.6 is 11.8 Å². The number of Topliss-reactive ketones (excluding diaryl/α,β-unsaturated/α-hetero) is 1. The lowest BCUT2D eigenvalue weighted by Crippen LogP contribution is -2.36. The maximum atomic E-state index is 11.5. The van der Waals surface area contributed by atoms with Crippen molar-refractivity contribution in [2.75, 3.05) is 14.1 Å². The maximum absolute atomic E-state index is 11.5. The molecule has 0 bridgehead atoms. The van der Waals surface area contributed by atoms with Crippen LogP contribution in [0.15, 0.2) is 0 Å². The highest BCUT2D eigenvalue weighted by molar-refractivity contribution is 8.02. The number of amides is 1. The van der Waals surface area contributed by atoms with Gasteiger partial charge in [-0.05, 0) is 34.7 Å². The van der Waals surface area contributed by atoms with Crippen LogP contribution in [0.1, 0.15) is 34.1 Å². The van der Waals surface area contributed by atoms with Crippen LogP contribution in [0.5, 0.6) is 0 Å². The molecule has 3 N–H and O–H groups in total. The first kappa shape index (κ1) is 20.2. The number of carbonyl (C=O) groups is 3. The van der Waals surface area contributed by atoms with Crippen LogP contribution in [0.4, 0.5) is 0 Å². The van der Waals surface area contributed by atoms with Gasteiger partial charge in [-0.25, -0.2) is 0 Å². The van der Waals surface area contributed by atoms with E-state index in [0.717, 1.165) is 0 Å². The molecule has 7 heteroatoms. The van der Waals surface area contributed by atoms with Crippen LogP contribution in [0, 0.1) is 0 Å². The molecule has 0 aromatic heterocycles. The molecule has 0 aromatic rings. The minimum Gasteiger partial charge on any atom is -0.481 e. The van der Waals surface area contributed by atoms with Crippen molar-refractivity contribution in [2.45, 2.75) is 44.2 Å². The number of nitrogens with zero attached hydrogens (tertiary/aromatic N) is 1. The smallest absolute Gasteiger partial charge is 0.305 e. The van der Waals surface area contributed by atoms with Crippen molar-refractivity contribution in [3.8, 4) is 0 Å². The van der Waals surface area contributed by atoms with Gasteiger partial charge in [0.15, 0.2) is 0 Å². The van der Waals surface area contributed by atoms with Gasteiger partial charge in [0.05, 0.1) is 16.5 Å². The zero-order chi connectivity index (χ0) is 15.8. The predicted octanol–water partition coefficient (Wildman–Crippen LogP) is 0.941. The molecule has 1 aliphatic heterocycles. The summed E-state index contributed by atoms with van der Waals surface area (Å²) in [5.41, 5.74) is 4.50.